The van der Waals surface area contributed by atoms with Crippen LogP contribution in [-0.4, -0.2) is 28.0 Å². The molecule has 33 heavy (non-hydrogen) atoms. The van der Waals surface area contributed by atoms with Crippen LogP contribution in [0.3, 0.4) is 0 Å². The van der Waals surface area contributed by atoms with E-state index in [9.17, 15) is 4.79 Å². The van der Waals surface area contributed by atoms with E-state index < -0.39 is 5.97 Å². The Balaban J connectivity index is 1.44. The Morgan fingerprint density at radius 3 is 2.67 bits per heavy atom. The lowest BCUT2D eigenvalue weighted by molar-refractivity contribution is 0.0602. The van der Waals surface area contributed by atoms with Crippen LogP contribution in [0, 0.1) is 0 Å². The molecule has 0 aliphatic rings. The third-order valence-electron chi connectivity index (χ3n) is 4.82. The van der Waals surface area contributed by atoms with Crippen molar-refractivity contribution in [3.63, 3.8) is 0 Å². The summed E-state index contributed by atoms with van der Waals surface area (Å²) in [4.78, 5) is 13.3. The van der Waals surface area contributed by atoms with Crippen LogP contribution in [0.15, 0.2) is 73.1 Å². The number of thiophene rings is 1. The van der Waals surface area contributed by atoms with E-state index in [1.165, 1.54) is 18.4 Å². The van der Waals surface area contributed by atoms with E-state index in [1.54, 1.807) is 10.9 Å². The molecule has 4 aromatic rings. The SMILES string of the molecule is COC(=O)c1cc(Cc2ccccc2)sc1NC(=S)Nc1cnn(Cc2ccccc2Cl)c1. The molecule has 0 bridgehead atoms. The zero-order valence-electron chi connectivity index (χ0n) is 17.7. The van der Waals surface area contributed by atoms with Crippen molar-refractivity contribution in [2.75, 3.05) is 17.7 Å². The van der Waals surface area contributed by atoms with Gasteiger partial charge in [0.2, 0.25) is 0 Å². The number of aromatic nitrogens is 2. The number of benzene rings is 2. The van der Waals surface area contributed by atoms with E-state index in [-0.39, 0.29) is 0 Å². The Hall–Kier alpha value is -3.20. The molecular formula is C24H21ClN4O2S2. The second kappa shape index (κ2) is 10.6. The molecule has 0 radical (unpaired) electrons. The summed E-state index contributed by atoms with van der Waals surface area (Å²) < 4.78 is 6.72. The number of nitrogens with one attached hydrogen (secondary N) is 2. The largest absolute Gasteiger partial charge is 0.465 e. The number of esters is 1. The fourth-order valence-corrected chi connectivity index (χ4v) is 4.82. The molecule has 2 aromatic carbocycles. The smallest absolute Gasteiger partial charge is 0.340 e. The number of rotatable bonds is 7. The minimum atomic E-state index is -0.413. The lowest BCUT2D eigenvalue weighted by atomic mass is 10.1. The molecule has 2 N–H and O–H groups in total. The first-order chi connectivity index (χ1) is 16.0. The van der Waals surface area contributed by atoms with Crippen molar-refractivity contribution in [3.8, 4) is 0 Å². The highest BCUT2D eigenvalue weighted by Gasteiger charge is 2.18. The van der Waals surface area contributed by atoms with Gasteiger partial charge < -0.3 is 15.4 Å². The second-order valence-electron chi connectivity index (χ2n) is 7.21. The average molecular weight is 497 g/mol. The molecule has 0 aliphatic heterocycles. The maximum Gasteiger partial charge on any atom is 0.340 e. The third kappa shape index (κ3) is 5.98. The van der Waals surface area contributed by atoms with Crippen molar-refractivity contribution < 1.29 is 9.53 Å². The summed E-state index contributed by atoms with van der Waals surface area (Å²) in [6.45, 7) is 0.543. The van der Waals surface area contributed by atoms with Crippen LogP contribution in [0.4, 0.5) is 10.7 Å². The number of carbonyl (C=O) groups is 1. The molecular weight excluding hydrogens is 476 g/mol. The van der Waals surface area contributed by atoms with E-state index in [4.69, 9.17) is 28.6 Å². The van der Waals surface area contributed by atoms with Gasteiger partial charge in [0, 0.05) is 22.5 Å². The normalized spacial score (nSPS) is 10.6. The highest BCUT2D eigenvalue weighted by molar-refractivity contribution is 7.80. The monoisotopic (exact) mass is 496 g/mol. The van der Waals surface area contributed by atoms with Gasteiger partial charge in [-0.1, -0.05) is 60.1 Å². The van der Waals surface area contributed by atoms with Crippen LogP contribution in [0.1, 0.15) is 26.4 Å². The molecule has 0 fully saturated rings. The van der Waals surface area contributed by atoms with E-state index in [2.05, 4.69) is 27.9 Å². The van der Waals surface area contributed by atoms with Gasteiger partial charge in [0.15, 0.2) is 5.11 Å². The van der Waals surface area contributed by atoms with Gasteiger partial charge in [0.1, 0.15) is 5.00 Å². The number of anilines is 2. The minimum Gasteiger partial charge on any atom is -0.465 e. The predicted molar refractivity (Wildman–Crippen MR) is 138 cm³/mol. The fraction of sp³-hybridized carbons (Fsp3) is 0.125. The number of nitrogens with zero attached hydrogens (tertiary/aromatic N) is 2. The molecule has 0 unspecified atom stereocenters. The highest BCUT2D eigenvalue weighted by Crippen LogP contribution is 2.31. The molecule has 2 aromatic heterocycles. The van der Waals surface area contributed by atoms with E-state index >= 15 is 0 Å². The Kier molecular flexibility index (Phi) is 7.39. The number of methoxy groups -OCH3 is 1. The van der Waals surface area contributed by atoms with Crippen LogP contribution in [-0.2, 0) is 17.7 Å². The highest BCUT2D eigenvalue weighted by atomic mass is 35.5. The van der Waals surface area contributed by atoms with Gasteiger partial charge in [-0.05, 0) is 35.5 Å². The van der Waals surface area contributed by atoms with Gasteiger partial charge >= 0.3 is 5.97 Å². The zero-order valence-corrected chi connectivity index (χ0v) is 20.1. The molecule has 0 saturated carbocycles. The lowest BCUT2D eigenvalue weighted by Gasteiger charge is -2.09. The second-order valence-corrected chi connectivity index (χ2v) is 9.16. The Morgan fingerprint density at radius 2 is 1.91 bits per heavy atom. The molecule has 0 saturated heterocycles. The summed E-state index contributed by atoms with van der Waals surface area (Å²) in [6.07, 6.45) is 4.24. The van der Waals surface area contributed by atoms with E-state index in [0.717, 1.165) is 21.7 Å². The number of hydrogen-bond acceptors (Lipinski definition) is 5. The molecule has 4 rings (SSSR count). The van der Waals surface area contributed by atoms with Gasteiger partial charge in [-0.2, -0.15) is 5.10 Å². The number of thiocarbonyl (C=S) groups is 1. The number of halogens is 1. The Bertz CT molecular complexity index is 1270. The number of carbonyl (C=O) groups excluding carboxylic acids is 1. The summed E-state index contributed by atoms with van der Waals surface area (Å²) in [5.41, 5.74) is 3.31. The molecule has 0 spiro atoms. The fourth-order valence-electron chi connectivity index (χ4n) is 3.26. The molecule has 168 valence electrons. The summed E-state index contributed by atoms with van der Waals surface area (Å²) in [5.74, 6) is -0.413. The lowest BCUT2D eigenvalue weighted by Crippen LogP contribution is -2.19. The minimum absolute atomic E-state index is 0.352. The maximum atomic E-state index is 12.3. The number of hydrogen-bond donors (Lipinski definition) is 2. The maximum absolute atomic E-state index is 12.3. The van der Waals surface area contributed by atoms with Crippen molar-refractivity contribution >= 4 is 56.9 Å². The Morgan fingerprint density at radius 1 is 1.15 bits per heavy atom. The van der Waals surface area contributed by atoms with Gasteiger partial charge in [-0.3, -0.25) is 4.68 Å². The summed E-state index contributed by atoms with van der Waals surface area (Å²) in [6, 6.07) is 19.6. The van der Waals surface area contributed by atoms with Crippen molar-refractivity contribution in [1.82, 2.24) is 9.78 Å². The number of ether oxygens (including phenoxy) is 1. The zero-order chi connectivity index (χ0) is 23.2. The van der Waals surface area contributed by atoms with Crippen molar-refractivity contribution in [2.45, 2.75) is 13.0 Å². The third-order valence-corrected chi connectivity index (χ3v) is 6.44. The van der Waals surface area contributed by atoms with Crippen LogP contribution in [0.2, 0.25) is 5.02 Å². The van der Waals surface area contributed by atoms with Crippen LogP contribution in [0.25, 0.3) is 0 Å². The van der Waals surface area contributed by atoms with Crippen molar-refractivity contribution in [3.05, 3.63) is 99.6 Å². The van der Waals surface area contributed by atoms with Crippen LogP contribution in [0.5, 0.6) is 0 Å². The van der Waals surface area contributed by atoms with Gasteiger partial charge in [-0.25, -0.2) is 4.79 Å². The molecule has 0 amide bonds. The quantitative estimate of drug-likeness (QED) is 0.248. The van der Waals surface area contributed by atoms with Crippen molar-refractivity contribution in [2.24, 2.45) is 0 Å². The molecule has 2 heterocycles. The van der Waals surface area contributed by atoms with Gasteiger partial charge in [0.25, 0.3) is 0 Å². The molecule has 0 aliphatic carbocycles. The summed E-state index contributed by atoms with van der Waals surface area (Å²) in [5, 5.41) is 12.3. The topological polar surface area (TPSA) is 68.2 Å². The summed E-state index contributed by atoms with van der Waals surface area (Å²) >= 11 is 13.2. The molecule has 6 nitrogen and oxygen atoms in total. The first-order valence-electron chi connectivity index (χ1n) is 10.1. The van der Waals surface area contributed by atoms with Gasteiger partial charge in [-0.15, -0.1) is 11.3 Å². The predicted octanol–water partition coefficient (Wildman–Crippen LogP) is 5.83. The van der Waals surface area contributed by atoms with Crippen molar-refractivity contribution in [1.29, 1.82) is 0 Å². The standard InChI is InChI=1S/C24H21ClN4O2S2/c1-31-23(30)20-12-19(11-16-7-3-2-4-8-16)33-22(20)28-24(32)27-18-13-26-29(15-18)14-17-9-5-6-10-21(17)25/h2-10,12-13,15H,11,14H2,1H3,(H2,27,28,32). The first kappa shape index (κ1) is 23.0. The Labute approximate surface area is 206 Å². The van der Waals surface area contributed by atoms with E-state index in [0.29, 0.717) is 33.7 Å². The first-order valence-corrected chi connectivity index (χ1v) is 11.7. The molecule has 9 heteroatoms. The molecule has 0 atom stereocenters. The van der Waals surface area contributed by atoms with Crippen LogP contribution < -0.4 is 10.6 Å². The van der Waals surface area contributed by atoms with Gasteiger partial charge in [0.05, 0.1) is 31.1 Å². The summed E-state index contributed by atoms with van der Waals surface area (Å²) in [7, 11) is 1.37. The van der Waals surface area contributed by atoms with Crippen LogP contribution >= 0.6 is 35.2 Å². The van der Waals surface area contributed by atoms with E-state index in [1.807, 2.05) is 54.7 Å². The average Bonchev–Trinajstić information content (AvgIpc) is 3.42.